The van der Waals surface area contributed by atoms with Crippen LogP contribution in [0.5, 0.6) is 0 Å². The zero-order chi connectivity index (χ0) is 10.1. The maximum atomic E-state index is 5.56. The summed E-state index contributed by atoms with van der Waals surface area (Å²) in [6.45, 7) is 8.82. The van der Waals surface area contributed by atoms with Crippen molar-refractivity contribution in [2.24, 2.45) is 5.73 Å². The zero-order valence-corrected chi connectivity index (χ0v) is 8.85. The number of nitrogens with two attached hydrogens (primary N) is 1. The van der Waals surface area contributed by atoms with Gasteiger partial charge in [0.25, 0.3) is 0 Å². The second-order valence-corrected chi connectivity index (χ2v) is 4.31. The fourth-order valence-corrected chi connectivity index (χ4v) is 1.12. The molecular weight excluding hydrogens is 164 g/mol. The second-order valence-electron chi connectivity index (χ2n) is 4.31. The minimum absolute atomic E-state index is 0.0163. The molecule has 0 saturated carbocycles. The Hall–Kier alpha value is -0.830. The molecule has 0 atom stereocenters. The van der Waals surface area contributed by atoms with E-state index in [0.29, 0.717) is 6.54 Å². The van der Waals surface area contributed by atoms with Crippen molar-refractivity contribution in [2.75, 3.05) is 6.54 Å². The van der Waals surface area contributed by atoms with Gasteiger partial charge in [-0.2, -0.15) is 0 Å². The normalized spacial score (nSPS) is 12.1. The van der Waals surface area contributed by atoms with Crippen LogP contribution in [0.25, 0.3) is 0 Å². The molecule has 0 fully saturated rings. The SMILES string of the molecule is Cc1oc(C(C)(C)C)nc1CCN. The van der Waals surface area contributed by atoms with Gasteiger partial charge in [0.1, 0.15) is 5.76 Å². The lowest BCUT2D eigenvalue weighted by atomic mass is 9.97. The molecule has 0 unspecified atom stereocenters. The van der Waals surface area contributed by atoms with Gasteiger partial charge in [-0.25, -0.2) is 4.98 Å². The van der Waals surface area contributed by atoms with E-state index in [0.717, 1.165) is 23.8 Å². The molecule has 0 aliphatic carbocycles. The van der Waals surface area contributed by atoms with Crippen LogP contribution in [0.3, 0.4) is 0 Å². The number of oxazole rings is 1. The average Bonchev–Trinajstić information content (AvgIpc) is 2.32. The summed E-state index contributed by atoms with van der Waals surface area (Å²) in [5.74, 6) is 1.70. The van der Waals surface area contributed by atoms with Gasteiger partial charge >= 0.3 is 0 Å². The van der Waals surface area contributed by atoms with Crippen LogP contribution in [0.15, 0.2) is 4.42 Å². The monoisotopic (exact) mass is 182 g/mol. The third-order valence-electron chi connectivity index (χ3n) is 1.92. The summed E-state index contributed by atoms with van der Waals surface area (Å²) in [7, 11) is 0. The molecule has 0 spiro atoms. The van der Waals surface area contributed by atoms with Crippen LogP contribution in [0.2, 0.25) is 0 Å². The lowest BCUT2D eigenvalue weighted by molar-refractivity contribution is 0.380. The largest absolute Gasteiger partial charge is 0.445 e. The van der Waals surface area contributed by atoms with E-state index in [1.54, 1.807) is 0 Å². The number of aryl methyl sites for hydroxylation is 1. The number of hydrogen-bond donors (Lipinski definition) is 1. The van der Waals surface area contributed by atoms with Crippen molar-refractivity contribution < 1.29 is 4.42 Å². The van der Waals surface area contributed by atoms with Crippen molar-refractivity contribution in [1.82, 2.24) is 4.98 Å². The minimum Gasteiger partial charge on any atom is -0.445 e. The summed E-state index contributed by atoms with van der Waals surface area (Å²) < 4.78 is 5.56. The van der Waals surface area contributed by atoms with Crippen molar-refractivity contribution in [1.29, 1.82) is 0 Å². The first-order valence-electron chi connectivity index (χ1n) is 4.62. The van der Waals surface area contributed by atoms with Crippen LogP contribution in [0, 0.1) is 6.92 Å². The fourth-order valence-electron chi connectivity index (χ4n) is 1.12. The predicted octanol–water partition coefficient (Wildman–Crippen LogP) is 1.78. The molecule has 2 N–H and O–H groups in total. The van der Waals surface area contributed by atoms with Gasteiger partial charge in [-0.05, 0) is 13.5 Å². The number of rotatable bonds is 2. The third kappa shape index (κ3) is 2.31. The van der Waals surface area contributed by atoms with Crippen LogP contribution < -0.4 is 5.73 Å². The van der Waals surface area contributed by atoms with E-state index in [2.05, 4.69) is 25.8 Å². The van der Waals surface area contributed by atoms with Gasteiger partial charge in [0, 0.05) is 11.8 Å². The van der Waals surface area contributed by atoms with Crippen LogP contribution in [-0.4, -0.2) is 11.5 Å². The Bertz CT molecular complexity index is 284. The summed E-state index contributed by atoms with van der Waals surface area (Å²) in [6, 6.07) is 0. The summed E-state index contributed by atoms with van der Waals surface area (Å²) in [4.78, 5) is 4.42. The molecule has 13 heavy (non-hydrogen) atoms. The quantitative estimate of drug-likeness (QED) is 0.758. The molecule has 74 valence electrons. The molecule has 0 aromatic carbocycles. The van der Waals surface area contributed by atoms with E-state index in [9.17, 15) is 0 Å². The Kier molecular flexibility index (Phi) is 2.76. The topological polar surface area (TPSA) is 52.0 Å². The van der Waals surface area contributed by atoms with E-state index < -0.39 is 0 Å². The van der Waals surface area contributed by atoms with Crippen LogP contribution >= 0.6 is 0 Å². The molecular formula is C10H18N2O. The molecule has 0 amide bonds. The van der Waals surface area contributed by atoms with Crippen molar-refractivity contribution in [3.05, 3.63) is 17.3 Å². The lowest BCUT2D eigenvalue weighted by Gasteiger charge is -2.11. The highest BCUT2D eigenvalue weighted by Gasteiger charge is 2.21. The van der Waals surface area contributed by atoms with Crippen LogP contribution in [0.4, 0.5) is 0 Å². The molecule has 3 nitrogen and oxygen atoms in total. The summed E-state index contributed by atoms with van der Waals surface area (Å²) in [5, 5.41) is 0. The molecule has 0 aliphatic heterocycles. The Morgan fingerprint density at radius 1 is 1.38 bits per heavy atom. The molecule has 3 heteroatoms. The van der Waals surface area contributed by atoms with E-state index in [4.69, 9.17) is 10.2 Å². The highest BCUT2D eigenvalue weighted by Crippen LogP contribution is 2.23. The van der Waals surface area contributed by atoms with E-state index >= 15 is 0 Å². The van der Waals surface area contributed by atoms with Gasteiger partial charge in [-0.1, -0.05) is 20.8 Å². The maximum Gasteiger partial charge on any atom is 0.199 e. The molecule has 0 radical (unpaired) electrons. The zero-order valence-electron chi connectivity index (χ0n) is 8.85. The Morgan fingerprint density at radius 3 is 2.38 bits per heavy atom. The Labute approximate surface area is 79.3 Å². The van der Waals surface area contributed by atoms with Crippen molar-refractivity contribution >= 4 is 0 Å². The number of nitrogens with zero attached hydrogens (tertiary/aromatic N) is 1. The minimum atomic E-state index is -0.0163. The van der Waals surface area contributed by atoms with Gasteiger partial charge in [0.05, 0.1) is 5.69 Å². The third-order valence-corrected chi connectivity index (χ3v) is 1.92. The Morgan fingerprint density at radius 2 is 2.00 bits per heavy atom. The average molecular weight is 182 g/mol. The number of aromatic nitrogens is 1. The fraction of sp³-hybridized carbons (Fsp3) is 0.700. The van der Waals surface area contributed by atoms with E-state index in [-0.39, 0.29) is 5.41 Å². The molecule has 1 heterocycles. The first-order valence-corrected chi connectivity index (χ1v) is 4.62. The lowest BCUT2D eigenvalue weighted by Crippen LogP contribution is -2.12. The van der Waals surface area contributed by atoms with E-state index in [1.807, 2.05) is 6.92 Å². The van der Waals surface area contributed by atoms with E-state index in [1.165, 1.54) is 0 Å². The van der Waals surface area contributed by atoms with Crippen LogP contribution in [-0.2, 0) is 11.8 Å². The Balaban J connectivity index is 2.95. The van der Waals surface area contributed by atoms with Crippen molar-refractivity contribution in [3.8, 4) is 0 Å². The van der Waals surface area contributed by atoms with Gasteiger partial charge in [-0.3, -0.25) is 0 Å². The van der Waals surface area contributed by atoms with Crippen molar-refractivity contribution in [3.63, 3.8) is 0 Å². The predicted molar refractivity (Wildman–Crippen MR) is 52.7 cm³/mol. The smallest absolute Gasteiger partial charge is 0.199 e. The molecule has 1 aromatic heterocycles. The van der Waals surface area contributed by atoms with Crippen molar-refractivity contribution in [2.45, 2.75) is 39.5 Å². The second kappa shape index (κ2) is 3.50. The highest BCUT2D eigenvalue weighted by atomic mass is 16.4. The highest BCUT2D eigenvalue weighted by molar-refractivity contribution is 5.12. The van der Waals surface area contributed by atoms with Gasteiger partial charge < -0.3 is 10.2 Å². The van der Waals surface area contributed by atoms with Gasteiger partial charge in [-0.15, -0.1) is 0 Å². The molecule has 0 bridgehead atoms. The number of hydrogen-bond acceptors (Lipinski definition) is 3. The molecule has 1 rings (SSSR count). The van der Waals surface area contributed by atoms with Gasteiger partial charge in [0.2, 0.25) is 0 Å². The first kappa shape index (κ1) is 10.3. The standard InChI is InChI=1S/C10H18N2O/c1-7-8(5-6-11)12-9(13-7)10(2,3)4/h5-6,11H2,1-4H3. The first-order chi connectivity index (χ1) is 5.95. The summed E-state index contributed by atoms with van der Waals surface area (Å²) in [6.07, 6.45) is 0.797. The maximum absolute atomic E-state index is 5.56. The molecule has 0 aliphatic rings. The molecule has 0 saturated heterocycles. The van der Waals surface area contributed by atoms with Crippen LogP contribution in [0.1, 0.15) is 38.1 Å². The molecule has 1 aromatic rings. The summed E-state index contributed by atoms with van der Waals surface area (Å²) in [5.41, 5.74) is 6.44. The summed E-state index contributed by atoms with van der Waals surface area (Å²) >= 11 is 0. The van der Waals surface area contributed by atoms with Gasteiger partial charge in [0.15, 0.2) is 5.89 Å².